The Morgan fingerprint density at radius 3 is 2.65 bits per heavy atom. The number of ether oxygens (including phenoxy) is 1. The van der Waals surface area contributed by atoms with Crippen molar-refractivity contribution in [1.82, 2.24) is 10.6 Å². The van der Waals surface area contributed by atoms with Crippen molar-refractivity contribution in [2.75, 3.05) is 13.2 Å². The molecule has 2 rings (SSSR count). The van der Waals surface area contributed by atoms with Crippen molar-refractivity contribution in [3.8, 4) is 0 Å². The van der Waals surface area contributed by atoms with E-state index in [1.807, 2.05) is 13.8 Å². The molecule has 2 heterocycles. The van der Waals surface area contributed by atoms with E-state index in [0.29, 0.717) is 0 Å². The van der Waals surface area contributed by atoms with Crippen molar-refractivity contribution < 1.29 is 9.53 Å². The van der Waals surface area contributed by atoms with E-state index >= 15 is 0 Å². The molecule has 4 heteroatoms. The van der Waals surface area contributed by atoms with Gasteiger partial charge in [0.2, 0.25) is 5.91 Å². The molecule has 2 saturated heterocycles. The first-order valence-electron chi connectivity index (χ1n) is 6.66. The SMILES string of the molecule is CC1OCCC1(C)NC(=O)C1(C)CCCCN1. The second kappa shape index (κ2) is 4.58. The lowest BCUT2D eigenvalue weighted by molar-refractivity contribution is -0.130. The summed E-state index contributed by atoms with van der Waals surface area (Å²) in [4.78, 5) is 12.4. The fourth-order valence-corrected chi connectivity index (χ4v) is 2.65. The quantitative estimate of drug-likeness (QED) is 0.762. The summed E-state index contributed by atoms with van der Waals surface area (Å²) in [5.41, 5.74) is -0.608. The number of amides is 1. The van der Waals surface area contributed by atoms with Gasteiger partial charge in [0.25, 0.3) is 0 Å². The Bertz CT molecular complexity index is 300. The van der Waals surface area contributed by atoms with Crippen LogP contribution in [0, 0.1) is 0 Å². The third-order valence-corrected chi connectivity index (χ3v) is 4.41. The minimum atomic E-state index is -0.399. The van der Waals surface area contributed by atoms with Crippen molar-refractivity contribution in [1.29, 1.82) is 0 Å². The summed E-state index contributed by atoms with van der Waals surface area (Å²) in [7, 11) is 0. The van der Waals surface area contributed by atoms with Crippen LogP contribution < -0.4 is 10.6 Å². The first-order valence-corrected chi connectivity index (χ1v) is 6.66. The molecule has 17 heavy (non-hydrogen) atoms. The highest BCUT2D eigenvalue weighted by molar-refractivity contribution is 5.86. The summed E-state index contributed by atoms with van der Waals surface area (Å²) in [6.07, 6.45) is 4.21. The molecule has 0 bridgehead atoms. The standard InChI is InChI=1S/C13H24N2O2/c1-10-12(2,7-9-17-10)15-11(16)13(3)6-4-5-8-14-13/h10,14H,4-9H2,1-3H3,(H,15,16). The smallest absolute Gasteiger partial charge is 0.240 e. The number of nitrogens with one attached hydrogen (secondary N) is 2. The highest BCUT2D eigenvalue weighted by Crippen LogP contribution is 2.27. The van der Waals surface area contributed by atoms with Crippen LogP contribution in [0.15, 0.2) is 0 Å². The van der Waals surface area contributed by atoms with Gasteiger partial charge in [-0.1, -0.05) is 0 Å². The molecule has 2 N–H and O–H groups in total. The Hall–Kier alpha value is -0.610. The summed E-state index contributed by atoms with van der Waals surface area (Å²) >= 11 is 0. The van der Waals surface area contributed by atoms with Crippen molar-refractivity contribution in [3.05, 3.63) is 0 Å². The maximum absolute atomic E-state index is 12.4. The number of carbonyl (C=O) groups is 1. The fourth-order valence-electron chi connectivity index (χ4n) is 2.65. The second-order valence-electron chi connectivity index (χ2n) is 5.85. The predicted molar refractivity (Wildman–Crippen MR) is 66.8 cm³/mol. The molecular weight excluding hydrogens is 216 g/mol. The summed E-state index contributed by atoms with van der Waals surface area (Å²) in [5, 5.41) is 6.54. The lowest BCUT2D eigenvalue weighted by atomic mass is 9.87. The summed E-state index contributed by atoms with van der Waals surface area (Å²) < 4.78 is 5.55. The van der Waals surface area contributed by atoms with Gasteiger partial charge < -0.3 is 15.4 Å². The lowest BCUT2D eigenvalue weighted by Gasteiger charge is -2.38. The molecule has 2 fully saturated rings. The molecule has 0 aliphatic carbocycles. The molecule has 4 nitrogen and oxygen atoms in total. The fraction of sp³-hybridized carbons (Fsp3) is 0.923. The molecule has 3 atom stereocenters. The molecule has 0 aromatic carbocycles. The molecule has 0 radical (unpaired) electrons. The van der Waals surface area contributed by atoms with Crippen LogP contribution in [-0.2, 0) is 9.53 Å². The Morgan fingerprint density at radius 2 is 2.12 bits per heavy atom. The van der Waals surface area contributed by atoms with E-state index in [0.717, 1.165) is 32.4 Å². The first kappa shape index (κ1) is 12.8. The third-order valence-electron chi connectivity index (χ3n) is 4.41. The van der Waals surface area contributed by atoms with E-state index in [9.17, 15) is 4.79 Å². The number of rotatable bonds is 2. The van der Waals surface area contributed by atoms with Crippen LogP contribution >= 0.6 is 0 Å². The molecule has 98 valence electrons. The molecule has 0 aromatic rings. The summed E-state index contributed by atoms with van der Waals surface area (Å²) in [6.45, 7) is 7.79. The van der Waals surface area contributed by atoms with E-state index in [-0.39, 0.29) is 17.6 Å². The number of piperidine rings is 1. The van der Waals surface area contributed by atoms with E-state index in [1.165, 1.54) is 6.42 Å². The predicted octanol–water partition coefficient (Wildman–Crippen LogP) is 1.20. The number of hydrogen-bond acceptors (Lipinski definition) is 3. The second-order valence-corrected chi connectivity index (χ2v) is 5.85. The molecule has 0 aromatic heterocycles. The van der Waals surface area contributed by atoms with Crippen LogP contribution in [0.1, 0.15) is 46.5 Å². The molecule has 0 saturated carbocycles. The van der Waals surface area contributed by atoms with E-state index in [2.05, 4.69) is 17.6 Å². The van der Waals surface area contributed by atoms with Crippen molar-refractivity contribution in [2.24, 2.45) is 0 Å². The van der Waals surface area contributed by atoms with Gasteiger partial charge in [-0.25, -0.2) is 0 Å². The van der Waals surface area contributed by atoms with Gasteiger partial charge in [-0.15, -0.1) is 0 Å². The zero-order chi connectivity index (χ0) is 12.5. The minimum Gasteiger partial charge on any atom is -0.376 e. The molecular formula is C13H24N2O2. The Labute approximate surface area is 103 Å². The van der Waals surface area contributed by atoms with Crippen LogP contribution in [0.25, 0.3) is 0 Å². The zero-order valence-corrected chi connectivity index (χ0v) is 11.1. The zero-order valence-electron chi connectivity index (χ0n) is 11.1. The van der Waals surface area contributed by atoms with Gasteiger partial charge in [-0.3, -0.25) is 4.79 Å². The van der Waals surface area contributed by atoms with Gasteiger partial charge in [-0.2, -0.15) is 0 Å². The lowest BCUT2D eigenvalue weighted by Crippen LogP contribution is -2.62. The maximum atomic E-state index is 12.4. The topological polar surface area (TPSA) is 50.4 Å². The highest BCUT2D eigenvalue weighted by Gasteiger charge is 2.43. The average Bonchev–Trinajstić information content (AvgIpc) is 2.60. The summed E-state index contributed by atoms with van der Waals surface area (Å²) in [5.74, 6) is 0.122. The van der Waals surface area contributed by atoms with Gasteiger partial charge in [0, 0.05) is 6.61 Å². The van der Waals surface area contributed by atoms with Gasteiger partial charge in [-0.05, 0) is 53.0 Å². The molecule has 1 amide bonds. The minimum absolute atomic E-state index is 0.0960. The van der Waals surface area contributed by atoms with Gasteiger partial charge in [0.05, 0.1) is 17.2 Å². The Morgan fingerprint density at radius 1 is 1.35 bits per heavy atom. The Kier molecular flexibility index (Phi) is 3.46. The molecule has 3 unspecified atom stereocenters. The first-order chi connectivity index (χ1) is 7.96. The van der Waals surface area contributed by atoms with Crippen LogP contribution in [0.3, 0.4) is 0 Å². The van der Waals surface area contributed by atoms with Crippen molar-refractivity contribution >= 4 is 5.91 Å². The van der Waals surface area contributed by atoms with Crippen molar-refractivity contribution in [2.45, 2.75) is 63.6 Å². The average molecular weight is 240 g/mol. The maximum Gasteiger partial charge on any atom is 0.240 e. The molecule has 2 aliphatic rings. The van der Waals surface area contributed by atoms with Crippen LogP contribution in [0.4, 0.5) is 0 Å². The summed E-state index contributed by atoms with van der Waals surface area (Å²) in [6, 6.07) is 0. The molecule has 0 spiro atoms. The van der Waals surface area contributed by atoms with Crippen molar-refractivity contribution in [3.63, 3.8) is 0 Å². The van der Waals surface area contributed by atoms with E-state index in [4.69, 9.17) is 4.74 Å². The van der Waals surface area contributed by atoms with Crippen LogP contribution in [0.2, 0.25) is 0 Å². The molecule has 2 aliphatic heterocycles. The highest BCUT2D eigenvalue weighted by atomic mass is 16.5. The Balaban J connectivity index is 2.00. The van der Waals surface area contributed by atoms with Gasteiger partial charge in [0.1, 0.15) is 0 Å². The van der Waals surface area contributed by atoms with Crippen LogP contribution in [-0.4, -0.2) is 36.2 Å². The van der Waals surface area contributed by atoms with E-state index in [1.54, 1.807) is 0 Å². The third kappa shape index (κ3) is 2.47. The monoisotopic (exact) mass is 240 g/mol. The number of carbonyl (C=O) groups excluding carboxylic acids is 1. The van der Waals surface area contributed by atoms with Gasteiger partial charge >= 0.3 is 0 Å². The van der Waals surface area contributed by atoms with Crippen LogP contribution in [0.5, 0.6) is 0 Å². The number of hydrogen-bond donors (Lipinski definition) is 2. The van der Waals surface area contributed by atoms with E-state index < -0.39 is 5.54 Å². The van der Waals surface area contributed by atoms with Gasteiger partial charge in [0.15, 0.2) is 0 Å². The largest absolute Gasteiger partial charge is 0.376 e. The normalized spacial score (nSPS) is 42.4.